The Bertz CT molecular complexity index is 422. The number of ether oxygens (including phenoxy) is 3. The van der Waals surface area contributed by atoms with Crippen molar-refractivity contribution in [3.05, 3.63) is 22.2 Å². The van der Waals surface area contributed by atoms with Crippen LogP contribution >= 0.6 is 15.9 Å². The molecule has 1 aromatic rings. The van der Waals surface area contributed by atoms with Crippen molar-refractivity contribution in [1.29, 1.82) is 0 Å². The summed E-state index contributed by atoms with van der Waals surface area (Å²) in [7, 11) is 5.05. The van der Waals surface area contributed by atoms with E-state index < -0.39 is 0 Å². The Hall–Kier alpha value is -0.780. The normalized spacial score (nSPS) is 13.9. The number of hydrogen-bond donors (Lipinski definition) is 1. The smallest absolute Gasteiger partial charge is 0.141 e. The van der Waals surface area contributed by atoms with Crippen LogP contribution < -0.4 is 14.8 Å². The standard InChI is InChI=1S/C15H24BrNO3/c1-6-11(18-3)14(17-7-2)10-8-9-12(19-4)13(16)15(10)20-5/h8-9,11,14,17H,6-7H2,1-5H3. The Morgan fingerprint density at radius 2 is 1.85 bits per heavy atom. The molecule has 0 bridgehead atoms. The predicted octanol–water partition coefficient (Wildman–Crippen LogP) is 3.54. The van der Waals surface area contributed by atoms with E-state index in [0.717, 1.165) is 34.5 Å². The third-order valence-corrected chi connectivity index (χ3v) is 4.10. The lowest BCUT2D eigenvalue weighted by Gasteiger charge is -2.28. The maximum atomic E-state index is 5.60. The van der Waals surface area contributed by atoms with Crippen molar-refractivity contribution in [2.24, 2.45) is 0 Å². The summed E-state index contributed by atoms with van der Waals surface area (Å²) in [6, 6.07) is 4.04. The van der Waals surface area contributed by atoms with Crippen LogP contribution in [0, 0.1) is 0 Å². The van der Waals surface area contributed by atoms with Crippen LogP contribution in [0.2, 0.25) is 0 Å². The third-order valence-electron chi connectivity index (χ3n) is 3.35. The van der Waals surface area contributed by atoms with E-state index in [4.69, 9.17) is 14.2 Å². The maximum absolute atomic E-state index is 5.60. The first-order valence-corrected chi connectivity index (χ1v) is 7.60. The van der Waals surface area contributed by atoms with Gasteiger partial charge in [0.15, 0.2) is 0 Å². The van der Waals surface area contributed by atoms with E-state index in [0.29, 0.717) is 0 Å². The number of likely N-dealkylation sites (N-methyl/N-ethyl adjacent to an activating group) is 1. The number of hydrogen-bond acceptors (Lipinski definition) is 4. The molecule has 0 saturated heterocycles. The molecule has 0 heterocycles. The molecule has 0 amide bonds. The van der Waals surface area contributed by atoms with Gasteiger partial charge in [-0.15, -0.1) is 0 Å². The molecule has 0 spiro atoms. The minimum Gasteiger partial charge on any atom is -0.495 e. The highest BCUT2D eigenvalue weighted by Crippen LogP contribution is 2.41. The molecule has 0 aliphatic rings. The van der Waals surface area contributed by atoms with Gasteiger partial charge < -0.3 is 19.5 Å². The Morgan fingerprint density at radius 1 is 1.15 bits per heavy atom. The lowest BCUT2D eigenvalue weighted by atomic mass is 9.98. The summed E-state index contributed by atoms with van der Waals surface area (Å²) in [5.74, 6) is 1.54. The molecule has 0 aromatic heterocycles. The number of halogens is 1. The molecule has 1 rings (SSSR count). The highest BCUT2D eigenvalue weighted by atomic mass is 79.9. The molecular formula is C15H24BrNO3. The van der Waals surface area contributed by atoms with Crippen LogP contribution in [0.1, 0.15) is 31.9 Å². The van der Waals surface area contributed by atoms with Gasteiger partial charge in [0.05, 0.1) is 26.4 Å². The first-order chi connectivity index (χ1) is 9.64. The molecule has 114 valence electrons. The Morgan fingerprint density at radius 3 is 2.30 bits per heavy atom. The zero-order chi connectivity index (χ0) is 15.1. The van der Waals surface area contributed by atoms with Gasteiger partial charge >= 0.3 is 0 Å². The summed E-state index contributed by atoms with van der Waals surface area (Å²) >= 11 is 3.55. The summed E-state index contributed by atoms with van der Waals surface area (Å²) in [6.45, 7) is 5.06. The molecule has 2 atom stereocenters. The summed E-state index contributed by atoms with van der Waals surface area (Å²) in [6.07, 6.45) is 1.00. The van der Waals surface area contributed by atoms with Crippen LogP contribution in [-0.2, 0) is 4.74 Å². The summed E-state index contributed by atoms with van der Waals surface area (Å²) in [5, 5.41) is 3.47. The SMILES string of the molecule is CCNC(c1ccc(OC)c(Br)c1OC)C(CC)OC. The summed E-state index contributed by atoms with van der Waals surface area (Å²) in [4.78, 5) is 0. The number of rotatable bonds is 8. The summed E-state index contributed by atoms with van der Waals surface area (Å²) in [5.41, 5.74) is 1.07. The second-order valence-corrected chi connectivity index (χ2v) is 5.22. The van der Waals surface area contributed by atoms with Gasteiger partial charge in [0.1, 0.15) is 16.0 Å². The highest BCUT2D eigenvalue weighted by molar-refractivity contribution is 9.10. The zero-order valence-electron chi connectivity index (χ0n) is 12.8. The monoisotopic (exact) mass is 345 g/mol. The van der Waals surface area contributed by atoms with Gasteiger partial charge in [-0.1, -0.05) is 13.8 Å². The van der Waals surface area contributed by atoms with Crippen molar-refractivity contribution in [2.75, 3.05) is 27.9 Å². The third kappa shape index (κ3) is 3.65. The van der Waals surface area contributed by atoms with Gasteiger partial charge in [-0.2, -0.15) is 0 Å². The molecule has 0 radical (unpaired) electrons. The lowest BCUT2D eigenvalue weighted by Crippen LogP contribution is -2.33. The number of benzene rings is 1. The van der Waals surface area contributed by atoms with Gasteiger partial charge in [0, 0.05) is 12.7 Å². The van der Waals surface area contributed by atoms with Crippen LogP contribution in [0.15, 0.2) is 16.6 Å². The van der Waals surface area contributed by atoms with Crippen molar-refractivity contribution in [2.45, 2.75) is 32.4 Å². The molecule has 2 unspecified atom stereocenters. The maximum Gasteiger partial charge on any atom is 0.141 e. The molecular weight excluding hydrogens is 322 g/mol. The van der Waals surface area contributed by atoms with Crippen LogP contribution in [0.4, 0.5) is 0 Å². The quantitative estimate of drug-likeness (QED) is 0.782. The molecule has 20 heavy (non-hydrogen) atoms. The number of methoxy groups -OCH3 is 3. The van der Waals surface area contributed by atoms with Crippen LogP contribution in [-0.4, -0.2) is 34.0 Å². The topological polar surface area (TPSA) is 39.7 Å². The fraction of sp³-hybridized carbons (Fsp3) is 0.600. The molecule has 0 saturated carbocycles. The second kappa shape index (κ2) is 8.49. The van der Waals surface area contributed by atoms with E-state index in [9.17, 15) is 0 Å². The minimum atomic E-state index is 0.0761. The Labute approximate surface area is 129 Å². The fourth-order valence-electron chi connectivity index (χ4n) is 2.36. The van der Waals surface area contributed by atoms with Crippen LogP contribution in [0.5, 0.6) is 11.5 Å². The second-order valence-electron chi connectivity index (χ2n) is 4.42. The van der Waals surface area contributed by atoms with E-state index in [1.165, 1.54) is 0 Å². The Kier molecular flexibility index (Phi) is 7.34. The van der Waals surface area contributed by atoms with E-state index in [2.05, 4.69) is 35.1 Å². The van der Waals surface area contributed by atoms with Gasteiger partial charge in [-0.05, 0) is 41.0 Å². The first kappa shape index (κ1) is 17.3. The van der Waals surface area contributed by atoms with Crippen molar-refractivity contribution in [1.82, 2.24) is 5.32 Å². The minimum absolute atomic E-state index is 0.0761. The zero-order valence-corrected chi connectivity index (χ0v) is 14.4. The van der Waals surface area contributed by atoms with E-state index >= 15 is 0 Å². The molecule has 0 aliphatic heterocycles. The van der Waals surface area contributed by atoms with E-state index in [-0.39, 0.29) is 12.1 Å². The molecule has 1 aromatic carbocycles. The Balaban J connectivity index is 3.28. The van der Waals surface area contributed by atoms with Crippen molar-refractivity contribution < 1.29 is 14.2 Å². The number of nitrogens with one attached hydrogen (secondary N) is 1. The van der Waals surface area contributed by atoms with Crippen molar-refractivity contribution >= 4 is 15.9 Å². The van der Waals surface area contributed by atoms with Crippen LogP contribution in [0.3, 0.4) is 0 Å². The average Bonchev–Trinajstić information content (AvgIpc) is 2.47. The largest absolute Gasteiger partial charge is 0.495 e. The van der Waals surface area contributed by atoms with Crippen molar-refractivity contribution in [3.8, 4) is 11.5 Å². The lowest BCUT2D eigenvalue weighted by molar-refractivity contribution is 0.0647. The van der Waals surface area contributed by atoms with Gasteiger partial charge in [0.2, 0.25) is 0 Å². The average molecular weight is 346 g/mol. The molecule has 4 nitrogen and oxygen atoms in total. The fourth-order valence-corrected chi connectivity index (χ4v) is 3.05. The van der Waals surface area contributed by atoms with Gasteiger partial charge in [0.25, 0.3) is 0 Å². The molecule has 0 aliphatic carbocycles. The van der Waals surface area contributed by atoms with E-state index in [1.54, 1.807) is 21.3 Å². The van der Waals surface area contributed by atoms with Crippen LogP contribution in [0.25, 0.3) is 0 Å². The first-order valence-electron chi connectivity index (χ1n) is 6.81. The molecule has 1 N–H and O–H groups in total. The predicted molar refractivity (Wildman–Crippen MR) is 84.8 cm³/mol. The summed E-state index contributed by atoms with van der Waals surface area (Å²) < 4.78 is 17.3. The molecule has 0 fully saturated rings. The van der Waals surface area contributed by atoms with Gasteiger partial charge in [-0.25, -0.2) is 0 Å². The van der Waals surface area contributed by atoms with E-state index in [1.807, 2.05) is 12.1 Å². The highest BCUT2D eigenvalue weighted by Gasteiger charge is 2.26. The van der Waals surface area contributed by atoms with Crippen molar-refractivity contribution in [3.63, 3.8) is 0 Å². The van der Waals surface area contributed by atoms with Gasteiger partial charge in [-0.3, -0.25) is 0 Å². The molecule has 5 heteroatoms.